The van der Waals surface area contributed by atoms with E-state index < -0.39 is 11.9 Å². The van der Waals surface area contributed by atoms with Gasteiger partial charge < -0.3 is 29.9 Å². The van der Waals surface area contributed by atoms with E-state index in [4.69, 9.17) is 27.9 Å². The number of piperazine rings is 1. The Labute approximate surface area is 223 Å². The van der Waals surface area contributed by atoms with E-state index in [0.29, 0.717) is 42.9 Å². The number of phenols is 1. The Morgan fingerprint density at radius 1 is 1.22 bits per heavy atom. The maximum atomic E-state index is 16.4. The van der Waals surface area contributed by atoms with Crippen molar-refractivity contribution in [1.82, 2.24) is 15.2 Å². The molecule has 8 nitrogen and oxygen atoms in total. The van der Waals surface area contributed by atoms with Gasteiger partial charge in [-0.3, -0.25) is 4.79 Å². The molecule has 0 spiro atoms. The summed E-state index contributed by atoms with van der Waals surface area (Å²) >= 11 is 13.0. The second-order valence-electron chi connectivity index (χ2n) is 10.1. The minimum absolute atomic E-state index is 0.0356. The summed E-state index contributed by atoms with van der Waals surface area (Å²) in [4.78, 5) is 24.0. The van der Waals surface area contributed by atoms with Crippen molar-refractivity contribution in [3.8, 4) is 22.8 Å². The van der Waals surface area contributed by atoms with Crippen molar-refractivity contribution < 1.29 is 19.0 Å². The molecule has 1 amide bonds. The number of rotatable bonds is 3. The lowest BCUT2D eigenvalue weighted by Gasteiger charge is -2.49. The number of likely N-dealkylation sites (N-methyl/N-ethyl adjacent to an activating group) is 1. The summed E-state index contributed by atoms with van der Waals surface area (Å²) in [6.07, 6.45) is -0.339. The molecule has 0 unspecified atom stereocenters. The SMILES string of the molecule is C[C@@H]1CN2c3c4c(nc5c(F)c(-c6c(O)cccc6Cl)c(Cl)cc35)O[C@H](CN(C)C)CN4C(=O)[C@H]2CN1. The predicted octanol–water partition coefficient (Wildman–Crippen LogP) is 3.89. The largest absolute Gasteiger partial charge is 0.507 e. The lowest BCUT2D eigenvalue weighted by Crippen LogP contribution is -2.66. The summed E-state index contributed by atoms with van der Waals surface area (Å²) in [6.45, 7) is 3.98. The summed E-state index contributed by atoms with van der Waals surface area (Å²) in [7, 11) is 3.85. The molecule has 2 aromatic carbocycles. The van der Waals surface area contributed by atoms with Gasteiger partial charge in [0.05, 0.1) is 22.3 Å². The van der Waals surface area contributed by atoms with Crippen molar-refractivity contribution in [2.45, 2.75) is 25.1 Å². The van der Waals surface area contributed by atoms with Crippen LogP contribution in [0.3, 0.4) is 0 Å². The Morgan fingerprint density at radius 3 is 2.73 bits per heavy atom. The van der Waals surface area contributed by atoms with E-state index in [1.165, 1.54) is 6.07 Å². The van der Waals surface area contributed by atoms with Crippen LogP contribution >= 0.6 is 23.2 Å². The molecule has 4 heterocycles. The van der Waals surface area contributed by atoms with Crippen molar-refractivity contribution in [3.63, 3.8) is 0 Å². The number of fused-ring (bicyclic) bond motifs is 4. The first-order chi connectivity index (χ1) is 17.7. The van der Waals surface area contributed by atoms with Gasteiger partial charge in [0.1, 0.15) is 29.1 Å². The molecule has 3 aromatic rings. The minimum atomic E-state index is -0.716. The molecule has 11 heteroatoms. The zero-order valence-electron chi connectivity index (χ0n) is 20.6. The highest BCUT2D eigenvalue weighted by Crippen LogP contribution is 2.52. The first-order valence-corrected chi connectivity index (χ1v) is 12.9. The van der Waals surface area contributed by atoms with Crippen LogP contribution in [0.2, 0.25) is 10.0 Å². The summed E-state index contributed by atoms with van der Waals surface area (Å²) in [5, 5.41) is 14.6. The first-order valence-electron chi connectivity index (χ1n) is 12.1. The van der Waals surface area contributed by atoms with Crippen molar-refractivity contribution in [3.05, 3.63) is 40.1 Å². The van der Waals surface area contributed by atoms with Crippen LogP contribution < -0.4 is 19.9 Å². The van der Waals surface area contributed by atoms with E-state index in [9.17, 15) is 9.90 Å². The lowest BCUT2D eigenvalue weighted by atomic mass is 9.96. The van der Waals surface area contributed by atoms with Gasteiger partial charge in [-0.05, 0) is 39.2 Å². The number of aromatic nitrogens is 1. The summed E-state index contributed by atoms with van der Waals surface area (Å²) in [5.41, 5.74) is 1.32. The van der Waals surface area contributed by atoms with Crippen LogP contribution in [0, 0.1) is 5.82 Å². The zero-order chi connectivity index (χ0) is 26.2. The van der Waals surface area contributed by atoms with Gasteiger partial charge in [-0.15, -0.1) is 0 Å². The van der Waals surface area contributed by atoms with E-state index in [0.717, 1.165) is 0 Å². The van der Waals surface area contributed by atoms with Crippen LogP contribution in [0.4, 0.5) is 15.8 Å². The fourth-order valence-electron chi connectivity index (χ4n) is 5.64. The number of pyridine rings is 1. The van der Waals surface area contributed by atoms with Crippen molar-refractivity contribution in [1.29, 1.82) is 0 Å². The number of phenolic OH excluding ortho intramolecular Hbond substituents is 1. The summed E-state index contributed by atoms with van der Waals surface area (Å²) < 4.78 is 22.6. The molecule has 1 saturated heterocycles. The lowest BCUT2D eigenvalue weighted by molar-refractivity contribution is -0.121. The summed E-state index contributed by atoms with van der Waals surface area (Å²) in [5.74, 6) is -0.742. The molecule has 37 heavy (non-hydrogen) atoms. The second-order valence-corrected chi connectivity index (χ2v) is 10.9. The molecule has 3 atom stereocenters. The number of aromatic hydroxyl groups is 1. The highest BCUT2D eigenvalue weighted by atomic mass is 35.5. The van der Waals surface area contributed by atoms with E-state index >= 15 is 4.39 Å². The molecular formula is C26H26Cl2FN5O3. The van der Waals surface area contributed by atoms with Gasteiger partial charge in [0.2, 0.25) is 5.88 Å². The Hall–Kier alpha value is -2.85. The number of hydrogen-bond donors (Lipinski definition) is 2. The zero-order valence-corrected chi connectivity index (χ0v) is 22.1. The smallest absolute Gasteiger partial charge is 0.251 e. The Morgan fingerprint density at radius 2 is 2.00 bits per heavy atom. The number of benzene rings is 2. The molecule has 3 aliphatic heterocycles. The molecule has 0 radical (unpaired) electrons. The number of nitrogens with zero attached hydrogens (tertiary/aromatic N) is 4. The average molecular weight is 546 g/mol. The minimum Gasteiger partial charge on any atom is -0.507 e. The number of halogens is 3. The van der Waals surface area contributed by atoms with E-state index in [1.807, 2.05) is 30.8 Å². The molecule has 0 aliphatic carbocycles. The van der Waals surface area contributed by atoms with E-state index in [1.54, 1.807) is 23.1 Å². The highest BCUT2D eigenvalue weighted by molar-refractivity contribution is 6.37. The Balaban J connectivity index is 1.65. The van der Waals surface area contributed by atoms with Crippen molar-refractivity contribution >= 4 is 51.4 Å². The number of carbonyl (C=O) groups is 1. The number of nitrogens with one attached hydrogen (secondary N) is 1. The van der Waals surface area contributed by atoms with Gasteiger partial charge >= 0.3 is 0 Å². The number of amides is 1. The fourth-order valence-corrected chi connectivity index (χ4v) is 6.19. The van der Waals surface area contributed by atoms with Crippen LogP contribution in [-0.2, 0) is 4.79 Å². The second kappa shape index (κ2) is 8.87. The predicted molar refractivity (Wildman–Crippen MR) is 143 cm³/mol. The molecule has 0 bridgehead atoms. The standard InChI is InChI=1S/C26H26Cl2FN5O3/c1-12-9-33-17(8-30-12)26(36)34-11-13(10-32(2)3)37-25-24(34)23(33)14-7-16(28)20(21(29)22(14)31-25)19-15(27)5-4-6-18(19)35/h4-7,12-13,17,30,35H,8-11H2,1-3H3/t12-,13-,17-/m1/s1. The number of carbonyl (C=O) groups excluding carboxylic acids is 1. The van der Waals surface area contributed by atoms with Crippen LogP contribution in [0.25, 0.3) is 22.0 Å². The monoisotopic (exact) mass is 545 g/mol. The normalized spacial score (nSPS) is 22.8. The van der Waals surface area contributed by atoms with E-state index in [-0.39, 0.29) is 56.4 Å². The molecule has 1 aromatic heterocycles. The molecule has 194 valence electrons. The van der Waals surface area contributed by atoms with Gasteiger partial charge in [0.15, 0.2) is 5.82 Å². The molecule has 3 aliphatic rings. The molecule has 2 N–H and O–H groups in total. The van der Waals surface area contributed by atoms with Gasteiger partial charge in [-0.2, -0.15) is 0 Å². The Kier molecular flexibility index (Phi) is 5.87. The van der Waals surface area contributed by atoms with Gasteiger partial charge in [0, 0.05) is 42.2 Å². The van der Waals surface area contributed by atoms with Crippen LogP contribution in [0.1, 0.15) is 6.92 Å². The highest BCUT2D eigenvalue weighted by Gasteiger charge is 2.47. The van der Waals surface area contributed by atoms with Gasteiger partial charge in [-0.1, -0.05) is 29.3 Å². The number of ether oxygens (including phenoxy) is 1. The number of anilines is 2. The van der Waals surface area contributed by atoms with Crippen molar-refractivity contribution in [2.24, 2.45) is 0 Å². The van der Waals surface area contributed by atoms with Crippen molar-refractivity contribution in [2.75, 3.05) is 50.1 Å². The van der Waals surface area contributed by atoms with Gasteiger partial charge in [0.25, 0.3) is 5.91 Å². The van der Waals surface area contributed by atoms with Crippen LogP contribution in [0.15, 0.2) is 24.3 Å². The first kappa shape index (κ1) is 24.5. The third-order valence-corrected chi connectivity index (χ3v) is 7.79. The van der Waals surface area contributed by atoms with Crippen LogP contribution in [-0.4, -0.2) is 79.4 Å². The average Bonchev–Trinajstić information content (AvgIpc) is 2.83. The van der Waals surface area contributed by atoms with Crippen LogP contribution in [0.5, 0.6) is 11.6 Å². The fraction of sp³-hybridized carbons (Fsp3) is 0.385. The Bertz CT molecular complexity index is 1430. The third-order valence-electron chi connectivity index (χ3n) is 7.18. The molecule has 6 rings (SSSR count). The maximum Gasteiger partial charge on any atom is 0.251 e. The van der Waals surface area contributed by atoms with E-state index in [2.05, 4.69) is 10.3 Å². The molecule has 1 fully saturated rings. The van der Waals surface area contributed by atoms with Gasteiger partial charge in [-0.25, -0.2) is 9.37 Å². The quantitative estimate of drug-likeness (QED) is 0.516. The third kappa shape index (κ3) is 3.79. The molecular weight excluding hydrogens is 520 g/mol. The number of hydrogen-bond acceptors (Lipinski definition) is 7. The maximum absolute atomic E-state index is 16.4. The molecule has 0 saturated carbocycles. The topological polar surface area (TPSA) is 81.2 Å². The summed E-state index contributed by atoms with van der Waals surface area (Å²) in [6, 6.07) is 5.87.